The minimum Gasteiger partial charge on any atom is -0.332 e. The maximum Gasteiger partial charge on any atom is 0.171 e. The van der Waals surface area contributed by atoms with Gasteiger partial charge in [-0.25, -0.2) is 4.98 Å². The van der Waals surface area contributed by atoms with Gasteiger partial charge in [0.05, 0.1) is 0 Å². The highest BCUT2D eigenvalue weighted by Crippen LogP contribution is 2.20. The van der Waals surface area contributed by atoms with Crippen LogP contribution >= 0.6 is 15.9 Å². The van der Waals surface area contributed by atoms with E-state index in [0.29, 0.717) is 22.4 Å². The zero-order chi connectivity index (χ0) is 9.97. The number of aldehydes is 1. The van der Waals surface area contributed by atoms with Crippen molar-refractivity contribution in [2.24, 2.45) is 0 Å². The molecule has 3 nitrogen and oxygen atoms in total. The Balaban J connectivity index is 2.48. The lowest BCUT2D eigenvalue weighted by Gasteiger charge is -1.93. The van der Waals surface area contributed by atoms with Crippen LogP contribution in [-0.2, 0) is 0 Å². The molecular formula is C10H7BrN2O. The standard InChI is InChI=1S/C10H7BrN2O/c11-9-8(6-14)12-10(13-9)7-4-2-1-3-5-7/h1-6H,(H,12,13). The van der Waals surface area contributed by atoms with Crippen molar-refractivity contribution in [3.8, 4) is 11.4 Å². The molecule has 2 aromatic rings. The van der Waals surface area contributed by atoms with Gasteiger partial charge in [0, 0.05) is 5.56 Å². The molecule has 0 fully saturated rings. The highest BCUT2D eigenvalue weighted by atomic mass is 79.9. The van der Waals surface area contributed by atoms with Crippen LogP contribution in [0.4, 0.5) is 0 Å². The summed E-state index contributed by atoms with van der Waals surface area (Å²) in [5.41, 5.74) is 1.35. The van der Waals surface area contributed by atoms with Crippen LogP contribution in [0, 0.1) is 0 Å². The molecule has 1 N–H and O–H groups in total. The molecule has 14 heavy (non-hydrogen) atoms. The Morgan fingerprint density at radius 3 is 2.57 bits per heavy atom. The van der Waals surface area contributed by atoms with Crippen LogP contribution in [0.3, 0.4) is 0 Å². The first-order chi connectivity index (χ1) is 6.81. The van der Waals surface area contributed by atoms with Gasteiger partial charge in [0.15, 0.2) is 6.29 Å². The summed E-state index contributed by atoms with van der Waals surface area (Å²) in [6.45, 7) is 0. The van der Waals surface area contributed by atoms with Crippen molar-refractivity contribution >= 4 is 22.2 Å². The second-order valence-corrected chi connectivity index (χ2v) is 3.56. The third-order valence-electron chi connectivity index (χ3n) is 1.84. The molecule has 0 aliphatic rings. The van der Waals surface area contributed by atoms with E-state index in [2.05, 4.69) is 25.9 Å². The van der Waals surface area contributed by atoms with Gasteiger partial charge < -0.3 is 4.98 Å². The number of nitrogens with one attached hydrogen (secondary N) is 1. The Labute approximate surface area is 89.3 Å². The second kappa shape index (κ2) is 3.75. The Bertz CT molecular complexity index is 450. The average Bonchev–Trinajstić information content (AvgIpc) is 2.61. The minimum atomic E-state index is 0.392. The number of carbonyl (C=O) groups is 1. The van der Waals surface area contributed by atoms with Crippen LogP contribution in [0.25, 0.3) is 11.4 Å². The van der Waals surface area contributed by atoms with Gasteiger partial charge in [0.2, 0.25) is 0 Å². The van der Waals surface area contributed by atoms with Gasteiger partial charge in [-0.1, -0.05) is 30.3 Å². The molecule has 1 aromatic carbocycles. The van der Waals surface area contributed by atoms with E-state index in [-0.39, 0.29) is 0 Å². The SMILES string of the molecule is O=Cc1nc(-c2ccccc2)[nH]c1Br. The van der Waals surface area contributed by atoms with Crippen molar-refractivity contribution < 1.29 is 4.79 Å². The number of aromatic amines is 1. The Morgan fingerprint density at radius 1 is 1.29 bits per heavy atom. The summed E-state index contributed by atoms with van der Waals surface area (Å²) in [7, 11) is 0. The van der Waals surface area contributed by atoms with Gasteiger partial charge in [-0.2, -0.15) is 0 Å². The summed E-state index contributed by atoms with van der Waals surface area (Å²) >= 11 is 3.23. The van der Waals surface area contributed by atoms with Crippen molar-refractivity contribution in [3.05, 3.63) is 40.6 Å². The van der Waals surface area contributed by atoms with Crippen LogP contribution in [-0.4, -0.2) is 16.3 Å². The van der Waals surface area contributed by atoms with Crippen molar-refractivity contribution in [2.75, 3.05) is 0 Å². The highest BCUT2D eigenvalue weighted by molar-refractivity contribution is 9.10. The van der Waals surface area contributed by atoms with Gasteiger partial charge in [-0.3, -0.25) is 4.79 Å². The molecular weight excluding hydrogens is 244 g/mol. The number of nitrogens with zero attached hydrogens (tertiary/aromatic N) is 1. The normalized spacial score (nSPS) is 10.1. The van der Waals surface area contributed by atoms with Gasteiger partial charge in [0.1, 0.15) is 16.1 Å². The fourth-order valence-electron chi connectivity index (χ4n) is 1.18. The maximum absolute atomic E-state index is 10.6. The number of hydrogen-bond donors (Lipinski definition) is 1. The molecule has 70 valence electrons. The van der Waals surface area contributed by atoms with Crippen LogP contribution in [0.15, 0.2) is 34.9 Å². The summed E-state index contributed by atoms with van der Waals surface area (Å²) in [6, 6.07) is 9.64. The summed E-state index contributed by atoms with van der Waals surface area (Å²) in [5, 5.41) is 0. The fraction of sp³-hybridized carbons (Fsp3) is 0. The second-order valence-electron chi connectivity index (χ2n) is 2.77. The lowest BCUT2D eigenvalue weighted by atomic mass is 10.2. The Hall–Kier alpha value is -1.42. The molecule has 1 heterocycles. The van der Waals surface area contributed by atoms with E-state index in [4.69, 9.17) is 0 Å². The van der Waals surface area contributed by atoms with Gasteiger partial charge in [-0.15, -0.1) is 0 Å². The molecule has 0 saturated heterocycles. The topological polar surface area (TPSA) is 45.8 Å². The molecule has 0 saturated carbocycles. The maximum atomic E-state index is 10.6. The number of aromatic nitrogens is 2. The summed E-state index contributed by atoms with van der Waals surface area (Å²) < 4.78 is 0.617. The van der Waals surface area contributed by atoms with E-state index in [1.807, 2.05) is 30.3 Å². The smallest absolute Gasteiger partial charge is 0.171 e. The molecule has 0 aliphatic heterocycles. The van der Waals surface area contributed by atoms with Gasteiger partial charge in [0.25, 0.3) is 0 Å². The number of halogens is 1. The van der Waals surface area contributed by atoms with Gasteiger partial charge >= 0.3 is 0 Å². The van der Waals surface area contributed by atoms with Crippen molar-refractivity contribution in [2.45, 2.75) is 0 Å². The van der Waals surface area contributed by atoms with E-state index < -0.39 is 0 Å². The number of carbonyl (C=O) groups excluding carboxylic acids is 1. The molecule has 0 atom stereocenters. The van der Waals surface area contributed by atoms with E-state index in [1.165, 1.54) is 0 Å². The van der Waals surface area contributed by atoms with Crippen LogP contribution in [0.1, 0.15) is 10.5 Å². The monoisotopic (exact) mass is 250 g/mol. The fourth-order valence-corrected chi connectivity index (χ4v) is 1.55. The third kappa shape index (κ3) is 1.61. The van der Waals surface area contributed by atoms with Crippen LogP contribution < -0.4 is 0 Å². The average molecular weight is 251 g/mol. The number of benzene rings is 1. The summed E-state index contributed by atoms with van der Waals surface area (Å²) in [4.78, 5) is 17.7. The first-order valence-electron chi connectivity index (χ1n) is 4.07. The molecule has 0 bridgehead atoms. The van der Waals surface area contributed by atoms with Crippen molar-refractivity contribution in [1.82, 2.24) is 9.97 Å². The molecule has 2 rings (SSSR count). The minimum absolute atomic E-state index is 0.392. The largest absolute Gasteiger partial charge is 0.332 e. The van der Waals surface area contributed by atoms with E-state index in [0.717, 1.165) is 5.56 Å². The Morgan fingerprint density at radius 2 is 2.00 bits per heavy atom. The predicted molar refractivity (Wildman–Crippen MR) is 57.1 cm³/mol. The van der Waals surface area contributed by atoms with E-state index >= 15 is 0 Å². The molecule has 1 aromatic heterocycles. The molecule has 0 spiro atoms. The summed E-state index contributed by atoms with van der Waals surface area (Å²) in [6.07, 6.45) is 0.715. The number of H-pyrrole nitrogens is 1. The number of rotatable bonds is 2. The first kappa shape index (κ1) is 9.15. The van der Waals surface area contributed by atoms with Crippen molar-refractivity contribution in [1.29, 1.82) is 0 Å². The highest BCUT2D eigenvalue weighted by Gasteiger charge is 2.07. The van der Waals surface area contributed by atoms with Crippen molar-refractivity contribution in [3.63, 3.8) is 0 Å². The van der Waals surface area contributed by atoms with Crippen LogP contribution in [0.5, 0.6) is 0 Å². The zero-order valence-electron chi connectivity index (χ0n) is 7.20. The number of hydrogen-bond acceptors (Lipinski definition) is 2. The van der Waals surface area contributed by atoms with Gasteiger partial charge in [-0.05, 0) is 15.9 Å². The third-order valence-corrected chi connectivity index (χ3v) is 2.45. The first-order valence-corrected chi connectivity index (χ1v) is 4.86. The Kier molecular flexibility index (Phi) is 2.45. The number of imidazole rings is 1. The summed E-state index contributed by atoms with van der Waals surface area (Å²) in [5.74, 6) is 0.694. The lowest BCUT2D eigenvalue weighted by Crippen LogP contribution is -1.80. The van der Waals surface area contributed by atoms with E-state index in [9.17, 15) is 4.79 Å². The molecule has 0 unspecified atom stereocenters. The van der Waals surface area contributed by atoms with E-state index in [1.54, 1.807) is 0 Å². The molecule has 0 radical (unpaired) electrons. The van der Waals surface area contributed by atoms with Crippen LogP contribution in [0.2, 0.25) is 0 Å². The molecule has 4 heteroatoms. The lowest BCUT2D eigenvalue weighted by molar-refractivity contribution is 0.111. The predicted octanol–water partition coefficient (Wildman–Crippen LogP) is 2.65. The molecule has 0 aliphatic carbocycles. The quantitative estimate of drug-likeness (QED) is 0.834. The molecule has 0 amide bonds. The zero-order valence-corrected chi connectivity index (χ0v) is 8.78.